The molecule has 1 aliphatic heterocycles. The van der Waals surface area contributed by atoms with Crippen LogP contribution in [0.1, 0.15) is 11.1 Å². The third-order valence-electron chi connectivity index (χ3n) is 6.47. The van der Waals surface area contributed by atoms with Gasteiger partial charge in [-0.25, -0.2) is 17.8 Å². The minimum atomic E-state index is -3.81. The minimum Gasteiger partial charge on any atom is -0.368 e. The SMILES string of the molecule is Cc1ccc(C)c(N2CCN(c3c(S(=O)(=O)c4ccccc4)c[nH+]c4ccc(F)cc34)CC2)c1. The van der Waals surface area contributed by atoms with E-state index in [2.05, 4.69) is 46.8 Å². The quantitative estimate of drug-likeness (QED) is 0.433. The molecule has 1 N–H and O–H groups in total. The molecule has 1 aliphatic rings. The molecule has 0 amide bonds. The van der Waals surface area contributed by atoms with Gasteiger partial charge in [-0.15, -0.1) is 0 Å². The van der Waals surface area contributed by atoms with Crippen molar-refractivity contribution in [2.24, 2.45) is 0 Å². The van der Waals surface area contributed by atoms with Gasteiger partial charge in [0, 0.05) is 37.9 Å². The van der Waals surface area contributed by atoms with E-state index in [9.17, 15) is 12.8 Å². The van der Waals surface area contributed by atoms with Crippen LogP contribution in [-0.2, 0) is 9.84 Å². The molecule has 7 heteroatoms. The summed E-state index contributed by atoms with van der Waals surface area (Å²) in [6, 6.07) is 19.3. The first-order chi connectivity index (χ1) is 16.3. The zero-order valence-electron chi connectivity index (χ0n) is 19.3. The summed E-state index contributed by atoms with van der Waals surface area (Å²) in [5.41, 5.74) is 4.87. The number of aryl methyl sites for hydroxylation is 2. The summed E-state index contributed by atoms with van der Waals surface area (Å²) in [4.78, 5) is 7.86. The standard InChI is InChI=1S/C27H26FN3O2S/c1-19-8-9-20(2)25(16-19)30-12-14-31(15-13-30)27-23-17-21(28)10-11-24(23)29-18-26(27)34(32,33)22-6-4-3-5-7-22/h3-11,16-18H,12-15H2,1-2H3/p+1. The number of fused-ring (bicyclic) bond motifs is 1. The lowest BCUT2D eigenvalue weighted by molar-refractivity contribution is -0.347. The van der Waals surface area contributed by atoms with Crippen LogP contribution in [0.25, 0.3) is 10.9 Å². The zero-order chi connectivity index (χ0) is 23.9. The monoisotopic (exact) mass is 476 g/mol. The van der Waals surface area contributed by atoms with Gasteiger partial charge in [0.15, 0.2) is 11.1 Å². The molecule has 174 valence electrons. The van der Waals surface area contributed by atoms with E-state index in [-0.39, 0.29) is 9.79 Å². The lowest BCUT2D eigenvalue weighted by atomic mass is 10.1. The highest BCUT2D eigenvalue weighted by atomic mass is 32.2. The topological polar surface area (TPSA) is 54.8 Å². The molecule has 0 unspecified atom stereocenters. The third kappa shape index (κ3) is 4.01. The number of pyridine rings is 1. The molecule has 1 aromatic heterocycles. The number of nitrogens with one attached hydrogen (secondary N) is 1. The lowest BCUT2D eigenvalue weighted by Gasteiger charge is -2.38. The smallest absolute Gasteiger partial charge is 0.214 e. The van der Waals surface area contributed by atoms with Crippen LogP contribution in [0.15, 0.2) is 82.7 Å². The second-order valence-corrected chi connectivity index (χ2v) is 10.7. The molecule has 2 heterocycles. The summed E-state index contributed by atoms with van der Waals surface area (Å²) in [7, 11) is -3.81. The van der Waals surface area contributed by atoms with Crippen molar-refractivity contribution in [2.75, 3.05) is 36.0 Å². The maximum atomic E-state index is 14.3. The van der Waals surface area contributed by atoms with Crippen LogP contribution in [0.3, 0.4) is 0 Å². The van der Waals surface area contributed by atoms with E-state index in [1.807, 2.05) is 0 Å². The Balaban J connectivity index is 1.58. The molecule has 0 aliphatic carbocycles. The van der Waals surface area contributed by atoms with E-state index in [1.165, 1.54) is 35.1 Å². The van der Waals surface area contributed by atoms with Crippen molar-refractivity contribution in [3.63, 3.8) is 0 Å². The number of benzene rings is 3. The number of aromatic nitrogens is 1. The molecule has 0 bridgehead atoms. The average molecular weight is 477 g/mol. The Hall–Kier alpha value is -3.45. The Kier molecular flexibility index (Phi) is 5.73. The number of sulfone groups is 1. The van der Waals surface area contributed by atoms with Gasteiger partial charge in [-0.2, -0.15) is 0 Å². The van der Waals surface area contributed by atoms with Crippen molar-refractivity contribution in [1.29, 1.82) is 0 Å². The predicted octanol–water partition coefficient (Wildman–Crippen LogP) is 4.57. The van der Waals surface area contributed by atoms with E-state index in [0.29, 0.717) is 29.7 Å². The molecule has 5 nitrogen and oxygen atoms in total. The average Bonchev–Trinajstić information content (AvgIpc) is 2.85. The van der Waals surface area contributed by atoms with Gasteiger partial charge in [0.1, 0.15) is 5.82 Å². The normalized spacial score (nSPS) is 14.6. The van der Waals surface area contributed by atoms with Crippen LogP contribution in [0, 0.1) is 19.7 Å². The van der Waals surface area contributed by atoms with Crippen LogP contribution < -0.4 is 14.8 Å². The van der Waals surface area contributed by atoms with Gasteiger partial charge in [-0.3, -0.25) is 0 Å². The van der Waals surface area contributed by atoms with Gasteiger partial charge < -0.3 is 9.80 Å². The first kappa shape index (κ1) is 22.3. The molecule has 4 aromatic rings. The minimum absolute atomic E-state index is 0.164. The first-order valence-electron chi connectivity index (χ1n) is 11.4. The van der Waals surface area contributed by atoms with Gasteiger partial charge in [0.2, 0.25) is 15.4 Å². The van der Waals surface area contributed by atoms with Crippen LogP contribution in [0.5, 0.6) is 0 Å². The largest absolute Gasteiger partial charge is 0.368 e. The number of H-pyrrole nitrogens is 1. The van der Waals surface area contributed by atoms with Crippen molar-refractivity contribution in [1.82, 2.24) is 0 Å². The van der Waals surface area contributed by atoms with Gasteiger partial charge in [0.25, 0.3) is 0 Å². The molecule has 0 spiro atoms. The Labute approximate surface area is 199 Å². The first-order valence-corrected chi connectivity index (χ1v) is 12.8. The van der Waals surface area contributed by atoms with Crippen molar-refractivity contribution in [3.05, 3.63) is 89.9 Å². The van der Waals surface area contributed by atoms with E-state index in [4.69, 9.17) is 0 Å². The van der Waals surface area contributed by atoms with Gasteiger partial charge in [-0.05, 0) is 55.3 Å². The zero-order valence-corrected chi connectivity index (χ0v) is 20.1. The number of nitrogens with zero attached hydrogens (tertiary/aromatic N) is 2. The van der Waals surface area contributed by atoms with Crippen LogP contribution in [0.2, 0.25) is 0 Å². The van der Waals surface area contributed by atoms with Gasteiger partial charge in [-0.1, -0.05) is 30.3 Å². The number of piperazine rings is 1. The molecular weight excluding hydrogens is 449 g/mol. The second kappa shape index (κ2) is 8.72. The molecule has 3 aromatic carbocycles. The second-order valence-electron chi connectivity index (χ2n) is 8.77. The number of hydrogen-bond acceptors (Lipinski definition) is 4. The van der Waals surface area contributed by atoms with Crippen LogP contribution in [-0.4, -0.2) is 34.6 Å². The Bertz CT molecular complexity index is 1460. The molecule has 0 radical (unpaired) electrons. The maximum Gasteiger partial charge on any atom is 0.214 e. The van der Waals surface area contributed by atoms with E-state index < -0.39 is 15.7 Å². The number of hydrogen-bond donors (Lipinski definition) is 0. The Morgan fingerprint density at radius 2 is 1.56 bits per heavy atom. The summed E-state index contributed by atoms with van der Waals surface area (Å²) >= 11 is 0. The highest BCUT2D eigenvalue weighted by Gasteiger charge is 2.31. The predicted molar refractivity (Wildman–Crippen MR) is 133 cm³/mol. The summed E-state index contributed by atoms with van der Waals surface area (Å²) in [5.74, 6) is -0.398. The van der Waals surface area contributed by atoms with E-state index in [0.717, 1.165) is 13.1 Å². The molecule has 5 rings (SSSR count). The molecule has 1 fully saturated rings. The van der Waals surface area contributed by atoms with Crippen molar-refractivity contribution in [3.8, 4) is 0 Å². The Morgan fingerprint density at radius 3 is 2.29 bits per heavy atom. The van der Waals surface area contributed by atoms with Gasteiger partial charge in [0.05, 0.1) is 16.0 Å². The summed E-state index contributed by atoms with van der Waals surface area (Å²) in [5, 5.41) is 0.567. The highest BCUT2D eigenvalue weighted by Crippen LogP contribution is 2.36. The molecular formula is C27H27FN3O2S+. The van der Waals surface area contributed by atoms with Gasteiger partial charge >= 0.3 is 0 Å². The van der Waals surface area contributed by atoms with Crippen molar-refractivity contribution in [2.45, 2.75) is 23.6 Å². The molecule has 0 atom stereocenters. The summed E-state index contributed by atoms with van der Waals surface area (Å²) in [6.45, 7) is 6.92. The number of aromatic amines is 1. The fraction of sp³-hybridized carbons (Fsp3) is 0.222. The third-order valence-corrected chi connectivity index (χ3v) is 8.26. The fourth-order valence-electron chi connectivity index (χ4n) is 4.67. The van der Waals surface area contributed by atoms with Crippen LogP contribution in [0.4, 0.5) is 15.8 Å². The number of anilines is 2. The number of rotatable bonds is 4. The number of halogens is 1. The Morgan fingerprint density at radius 1 is 0.853 bits per heavy atom. The molecule has 0 saturated carbocycles. The molecule has 1 saturated heterocycles. The summed E-state index contributed by atoms with van der Waals surface area (Å²) in [6.07, 6.45) is 1.54. The van der Waals surface area contributed by atoms with E-state index in [1.54, 1.807) is 36.4 Å². The summed E-state index contributed by atoms with van der Waals surface area (Å²) < 4.78 is 41.6. The van der Waals surface area contributed by atoms with Crippen molar-refractivity contribution < 1.29 is 17.8 Å². The lowest BCUT2D eigenvalue weighted by Crippen LogP contribution is -2.47. The highest BCUT2D eigenvalue weighted by molar-refractivity contribution is 7.91. The fourth-order valence-corrected chi connectivity index (χ4v) is 6.15. The van der Waals surface area contributed by atoms with Crippen molar-refractivity contribution >= 4 is 32.1 Å². The van der Waals surface area contributed by atoms with E-state index >= 15 is 0 Å². The maximum absolute atomic E-state index is 14.3. The van der Waals surface area contributed by atoms with Crippen LogP contribution >= 0.6 is 0 Å². The molecule has 34 heavy (non-hydrogen) atoms.